The summed E-state index contributed by atoms with van der Waals surface area (Å²) < 4.78 is 2.24. The quantitative estimate of drug-likeness (QED) is 0.733. The molecule has 0 unspecified atom stereocenters. The summed E-state index contributed by atoms with van der Waals surface area (Å²) in [6.45, 7) is 5.38. The van der Waals surface area contributed by atoms with Gasteiger partial charge in [0.15, 0.2) is 0 Å². The number of hydrogen-bond acceptors (Lipinski definition) is 3. The van der Waals surface area contributed by atoms with Gasteiger partial charge in [-0.2, -0.15) is 0 Å². The summed E-state index contributed by atoms with van der Waals surface area (Å²) in [5, 5.41) is 3.42. The maximum atomic E-state index is 4.40. The van der Waals surface area contributed by atoms with E-state index in [-0.39, 0.29) is 0 Å². The third-order valence-corrected chi connectivity index (χ3v) is 4.17. The molecule has 1 aliphatic carbocycles. The van der Waals surface area contributed by atoms with Crippen LogP contribution in [-0.4, -0.2) is 40.6 Å². The van der Waals surface area contributed by atoms with Crippen molar-refractivity contribution >= 4 is 5.95 Å². The third kappa shape index (κ3) is 4.23. The van der Waals surface area contributed by atoms with E-state index in [0.717, 1.165) is 31.6 Å². The minimum absolute atomic E-state index is 0.806. The predicted octanol–water partition coefficient (Wildman–Crippen LogP) is 2.97. The molecule has 19 heavy (non-hydrogen) atoms. The van der Waals surface area contributed by atoms with E-state index >= 15 is 0 Å². The van der Waals surface area contributed by atoms with E-state index in [0.29, 0.717) is 0 Å². The lowest BCUT2D eigenvalue weighted by atomic mass is 10.2. The van der Waals surface area contributed by atoms with Gasteiger partial charge in [-0.05, 0) is 26.3 Å². The summed E-state index contributed by atoms with van der Waals surface area (Å²) in [6, 6.07) is 0.806. The van der Waals surface area contributed by atoms with Gasteiger partial charge in [-0.15, -0.1) is 0 Å². The number of hydrogen-bond donors (Lipinski definition) is 1. The first-order chi connectivity index (χ1) is 9.31. The van der Waals surface area contributed by atoms with E-state index in [4.69, 9.17) is 0 Å². The normalized spacial score (nSPS) is 16.4. The van der Waals surface area contributed by atoms with E-state index < -0.39 is 0 Å². The second kappa shape index (κ2) is 7.53. The van der Waals surface area contributed by atoms with Crippen LogP contribution < -0.4 is 5.32 Å². The van der Waals surface area contributed by atoms with Gasteiger partial charge in [-0.3, -0.25) is 0 Å². The highest BCUT2D eigenvalue weighted by atomic mass is 15.2. The molecular formula is C15H28N4. The summed E-state index contributed by atoms with van der Waals surface area (Å²) in [5.41, 5.74) is 0. The van der Waals surface area contributed by atoms with Crippen molar-refractivity contribution in [3.05, 3.63) is 12.4 Å². The minimum atomic E-state index is 0.806. The second-order valence-electron chi connectivity index (χ2n) is 5.64. The van der Waals surface area contributed by atoms with Crippen LogP contribution in [0.15, 0.2) is 12.4 Å². The number of aromatic nitrogens is 2. The molecule has 1 aliphatic rings. The molecule has 0 spiro atoms. The van der Waals surface area contributed by atoms with E-state index in [9.17, 15) is 0 Å². The highest BCUT2D eigenvalue weighted by molar-refractivity contribution is 5.25. The number of rotatable bonds is 8. The van der Waals surface area contributed by atoms with Gasteiger partial charge in [-0.1, -0.05) is 26.2 Å². The fourth-order valence-corrected chi connectivity index (χ4v) is 2.83. The molecule has 2 rings (SSSR count). The highest BCUT2D eigenvalue weighted by Gasteiger charge is 2.19. The zero-order valence-corrected chi connectivity index (χ0v) is 12.4. The Morgan fingerprint density at radius 2 is 2.21 bits per heavy atom. The molecule has 1 aromatic rings. The molecule has 0 amide bonds. The van der Waals surface area contributed by atoms with E-state index in [2.05, 4.69) is 39.9 Å². The van der Waals surface area contributed by atoms with Crippen molar-refractivity contribution in [1.29, 1.82) is 0 Å². The summed E-state index contributed by atoms with van der Waals surface area (Å²) >= 11 is 0. The minimum Gasteiger partial charge on any atom is -0.356 e. The Labute approximate surface area is 117 Å². The predicted molar refractivity (Wildman–Crippen MR) is 80.5 cm³/mol. The fraction of sp³-hybridized carbons (Fsp3) is 0.800. The van der Waals surface area contributed by atoms with Crippen LogP contribution in [0.4, 0.5) is 5.95 Å². The van der Waals surface area contributed by atoms with Crippen LogP contribution >= 0.6 is 0 Å². The molecule has 0 aromatic carbocycles. The molecular weight excluding hydrogens is 236 g/mol. The molecule has 4 heteroatoms. The van der Waals surface area contributed by atoms with E-state index in [1.165, 1.54) is 38.5 Å². The van der Waals surface area contributed by atoms with Gasteiger partial charge in [0.05, 0.1) is 0 Å². The Morgan fingerprint density at radius 1 is 1.42 bits per heavy atom. The van der Waals surface area contributed by atoms with Crippen molar-refractivity contribution < 1.29 is 0 Å². The lowest BCUT2D eigenvalue weighted by molar-refractivity contribution is 0.237. The number of unbranched alkanes of at least 4 members (excludes halogenated alkanes) is 1. The molecule has 1 saturated carbocycles. The van der Waals surface area contributed by atoms with Crippen molar-refractivity contribution in [3.8, 4) is 0 Å². The summed E-state index contributed by atoms with van der Waals surface area (Å²) in [7, 11) is 2.26. The Hall–Kier alpha value is -1.03. The molecule has 0 aliphatic heterocycles. The summed E-state index contributed by atoms with van der Waals surface area (Å²) in [4.78, 5) is 6.91. The molecule has 4 nitrogen and oxygen atoms in total. The first-order valence-corrected chi connectivity index (χ1v) is 7.76. The van der Waals surface area contributed by atoms with E-state index in [1.807, 2.05) is 6.20 Å². The Morgan fingerprint density at radius 3 is 2.95 bits per heavy atom. The van der Waals surface area contributed by atoms with Crippen LogP contribution in [-0.2, 0) is 6.54 Å². The zero-order chi connectivity index (χ0) is 13.5. The van der Waals surface area contributed by atoms with Gasteiger partial charge in [0, 0.05) is 38.1 Å². The van der Waals surface area contributed by atoms with Crippen molar-refractivity contribution in [1.82, 2.24) is 14.5 Å². The van der Waals surface area contributed by atoms with Gasteiger partial charge in [-0.25, -0.2) is 4.98 Å². The van der Waals surface area contributed by atoms with Crippen LogP contribution in [0.25, 0.3) is 0 Å². The van der Waals surface area contributed by atoms with Crippen molar-refractivity contribution in [2.45, 2.75) is 58.0 Å². The SMILES string of the molecule is CCCCNc1nccn1CCN(C)C1CCCC1. The molecule has 108 valence electrons. The van der Waals surface area contributed by atoms with Gasteiger partial charge in [0.25, 0.3) is 0 Å². The van der Waals surface area contributed by atoms with Gasteiger partial charge in [0.1, 0.15) is 0 Å². The monoisotopic (exact) mass is 264 g/mol. The highest BCUT2D eigenvalue weighted by Crippen LogP contribution is 2.22. The topological polar surface area (TPSA) is 33.1 Å². The van der Waals surface area contributed by atoms with Gasteiger partial charge >= 0.3 is 0 Å². The van der Waals surface area contributed by atoms with Crippen LogP contribution in [0, 0.1) is 0 Å². The third-order valence-electron chi connectivity index (χ3n) is 4.17. The largest absolute Gasteiger partial charge is 0.356 e. The molecule has 0 saturated heterocycles. The zero-order valence-electron chi connectivity index (χ0n) is 12.4. The first kappa shape index (κ1) is 14.4. The number of nitrogens with zero attached hydrogens (tertiary/aromatic N) is 3. The molecule has 0 radical (unpaired) electrons. The number of likely N-dealkylation sites (N-methyl/N-ethyl adjacent to an activating group) is 1. The van der Waals surface area contributed by atoms with Crippen molar-refractivity contribution in [2.24, 2.45) is 0 Å². The second-order valence-corrected chi connectivity index (χ2v) is 5.64. The van der Waals surface area contributed by atoms with E-state index in [1.54, 1.807) is 0 Å². The van der Waals surface area contributed by atoms with Crippen molar-refractivity contribution in [3.63, 3.8) is 0 Å². The lowest BCUT2D eigenvalue weighted by Crippen LogP contribution is -2.32. The smallest absolute Gasteiger partial charge is 0.202 e. The maximum Gasteiger partial charge on any atom is 0.202 e. The maximum absolute atomic E-state index is 4.40. The number of anilines is 1. The van der Waals surface area contributed by atoms with Crippen LogP contribution in [0.1, 0.15) is 45.4 Å². The molecule has 1 aromatic heterocycles. The standard InChI is InChI=1S/C15H28N4/c1-3-4-9-16-15-17-10-11-19(15)13-12-18(2)14-7-5-6-8-14/h10-11,14H,3-9,12-13H2,1-2H3,(H,16,17). The molecule has 0 atom stereocenters. The molecule has 1 N–H and O–H groups in total. The Kier molecular flexibility index (Phi) is 5.70. The summed E-state index contributed by atoms with van der Waals surface area (Å²) in [6.07, 6.45) is 12.0. The van der Waals surface area contributed by atoms with Crippen LogP contribution in [0.2, 0.25) is 0 Å². The summed E-state index contributed by atoms with van der Waals surface area (Å²) in [5.74, 6) is 1.02. The average Bonchev–Trinajstić information content (AvgIpc) is 3.08. The average molecular weight is 264 g/mol. The van der Waals surface area contributed by atoms with Crippen LogP contribution in [0.3, 0.4) is 0 Å². The number of imidazole rings is 1. The Balaban J connectivity index is 1.77. The fourth-order valence-electron chi connectivity index (χ4n) is 2.83. The van der Waals surface area contributed by atoms with Crippen molar-refractivity contribution in [2.75, 3.05) is 25.5 Å². The Bertz CT molecular complexity index is 355. The molecule has 1 heterocycles. The molecule has 0 bridgehead atoms. The number of nitrogens with one attached hydrogen (secondary N) is 1. The lowest BCUT2D eigenvalue weighted by Gasteiger charge is -2.24. The molecule has 1 fully saturated rings. The van der Waals surface area contributed by atoms with Gasteiger partial charge < -0.3 is 14.8 Å². The van der Waals surface area contributed by atoms with Gasteiger partial charge in [0.2, 0.25) is 5.95 Å². The van der Waals surface area contributed by atoms with Crippen LogP contribution in [0.5, 0.6) is 0 Å². The first-order valence-electron chi connectivity index (χ1n) is 7.76.